The molecule has 1 aromatic heterocycles. The molecule has 158 valence electrons. The number of pyridine rings is 1. The Labute approximate surface area is 177 Å². The molecule has 6 nitrogen and oxygen atoms in total. The Morgan fingerprint density at radius 2 is 1.83 bits per heavy atom. The third kappa shape index (κ3) is 5.05. The maximum absolute atomic E-state index is 13.1. The van der Waals surface area contributed by atoms with Crippen molar-refractivity contribution in [3.8, 4) is 0 Å². The van der Waals surface area contributed by atoms with E-state index < -0.39 is 0 Å². The number of carbonyl (C=O) groups excluding carboxylic acids is 2. The van der Waals surface area contributed by atoms with Gasteiger partial charge in [-0.1, -0.05) is 49.6 Å². The van der Waals surface area contributed by atoms with Crippen LogP contribution in [0.5, 0.6) is 0 Å². The number of hydrogen-bond acceptors (Lipinski definition) is 4. The molecule has 1 atom stereocenters. The average Bonchev–Trinajstić information content (AvgIpc) is 2.98. The highest BCUT2D eigenvalue weighted by Gasteiger charge is 2.35. The van der Waals surface area contributed by atoms with Gasteiger partial charge in [-0.25, -0.2) is 0 Å². The van der Waals surface area contributed by atoms with Gasteiger partial charge in [0.15, 0.2) is 0 Å². The minimum atomic E-state index is -0.223. The number of carbonyl (C=O) groups is 2. The molecule has 1 aromatic carbocycles. The zero-order valence-corrected chi connectivity index (χ0v) is 17.3. The van der Waals surface area contributed by atoms with Gasteiger partial charge in [0.2, 0.25) is 5.91 Å². The molecule has 2 amide bonds. The summed E-state index contributed by atoms with van der Waals surface area (Å²) >= 11 is 0. The minimum absolute atomic E-state index is 0.0185. The fourth-order valence-electron chi connectivity index (χ4n) is 4.41. The standard InChI is InChI=1S/C24H29N3O3/c28-23-17-26(24(29)20-10-7-13-25-14-20)15-22(30-18-19-8-3-1-4-9-19)16-27(23)21-11-5-2-6-12-21/h1,3-4,7-10,13-14,21-22H,2,5-6,11-12,15-18H2. The first kappa shape index (κ1) is 20.5. The molecule has 0 N–H and O–H groups in total. The Hall–Kier alpha value is -2.73. The van der Waals surface area contributed by atoms with E-state index in [4.69, 9.17) is 4.74 Å². The molecule has 2 heterocycles. The first-order valence-electron chi connectivity index (χ1n) is 10.8. The van der Waals surface area contributed by atoms with Crippen LogP contribution in [0.4, 0.5) is 0 Å². The van der Waals surface area contributed by atoms with Crippen LogP contribution in [0, 0.1) is 0 Å². The van der Waals surface area contributed by atoms with Gasteiger partial charge >= 0.3 is 0 Å². The van der Waals surface area contributed by atoms with Crippen LogP contribution in [0.15, 0.2) is 54.9 Å². The van der Waals surface area contributed by atoms with E-state index in [1.807, 2.05) is 35.2 Å². The van der Waals surface area contributed by atoms with Crippen LogP contribution in [0.3, 0.4) is 0 Å². The van der Waals surface area contributed by atoms with E-state index in [2.05, 4.69) is 4.98 Å². The zero-order chi connectivity index (χ0) is 20.8. The van der Waals surface area contributed by atoms with Crippen molar-refractivity contribution in [2.75, 3.05) is 19.6 Å². The normalized spacial score (nSPS) is 20.8. The molecule has 1 saturated heterocycles. The lowest BCUT2D eigenvalue weighted by Gasteiger charge is -2.34. The van der Waals surface area contributed by atoms with Gasteiger partial charge in [0.1, 0.15) is 6.54 Å². The minimum Gasteiger partial charge on any atom is -0.370 e. The van der Waals surface area contributed by atoms with Crippen molar-refractivity contribution in [1.82, 2.24) is 14.8 Å². The largest absolute Gasteiger partial charge is 0.370 e. The fraction of sp³-hybridized carbons (Fsp3) is 0.458. The Morgan fingerprint density at radius 3 is 2.57 bits per heavy atom. The van der Waals surface area contributed by atoms with Crippen molar-refractivity contribution in [2.24, 2.45) is 0 Å². The van der Waals surface area contributed by atoms with Crippen molar-refractivity contribution in [3.05, 3.63) is 66.0 Å². The maximum atomic E-state index is 13.1. The van der Waals surface area contributed by atoms with Crippen molar-refractivity contribution >= 4 is 11.8 Å². The Kier molecular flexibility index (Phi) is 6.74. The number of rotatable bonds is 5. The molecule has 6 heteroatoms. The van der Waals surface area contributed by atoms with E-state index >= 15 is 0 Å². The second kappa shape index (κ2) is 9.85. The lowest BCUT2D eigenvalue weighted by atomic mass is 9.94. The maximum Gasteiger partial charge on any atom is 0.255 e. The van der Waals surface area contributed by atoms with Crippen molar-refractivity contribution in [1.29, 1.82) is 0 Å². The number of hydrogen-bond donors (Lipinski definition) is 0. The SMILES string of the molecule is O=C(c1cccnc1)N1CC(=O)N(C2CCCCC2)CC(OCc2ccccc2)C1. The van der Waals surface area contributed by atoms with E-state index in [1.165, 1.54) is 6.42 Å². The molecule has 2 aliphatic rings. The van der Waals surface area contributed by atoms with Gasteiger partial charge in [0.05, 0.1) is 18.3 Å². The lowest BCUT2D eigenvalue weighted by Crippen LogP contribution is -2.46. The van der Waals surface area contributed by atoms with Crippen LogP contribution < -0.4 is 0 Å². The van der Waals surface area contributed by atoms with Crippen LogP contribution in [-0.4, -0.2) is 58.4 Å². The lowest BCUT2D eigenvalue weighted by molar-refractivity contribution is -0.134. The number of aromatic nitrogens is 1. The number of nitrogens with zero attached hydrogens (tertiary/aromatic N) is 3. The second-order valence-corrected chi connectivity index (χ2v) is 8.18. The Bertz CT molecular complexity index is 837. The third-order valence-electron chi connectivity index (χ3n) is 6.01. The number of benzene rings is 1. The molecule has 4 rings (SSSR count). The van der Waals surface area contributed by atoms with Crippen LogP contribution in [0.1, 0.15) is 48.0 Å². The summed E-state index contributed by atoms with van der Waals surface area (Å²) in [7, 11) is 0. The average molecular weight is 408 g/mol. The molecular weight excluding hydrogens is 378 g/mol. The molecule has 1 aliphatic heterocycles. The Balaban J connectivity index is 1.52. The van der Waals surface area contributed by atoms with Crippen molar-refractivity contribution < 1.29 is 14.3 Å². The predicted octanol–water partition coefficient (Wildman–Crippen LogP) is 3.28. The van der Waals surface area contributed by atoms with Crippen LogP contribution in [-0.2, 0) is 16.1 Å². The van der Waals surface area contributed by atoms with Crippen LogP contribution in [0.2, 0.25) is 0 Å². The summed E-state index contributed by atoms with van der Waals surface area (Å²) < 4.78 is 6.23. The summed E-state index contributed by atoms with van der Waals surface area (Å²) in [6.45, 7) is 1.49. The van der Waals surface area contributed by atoms with E-state index in [1.54, 1.807) is 29.4 Å². The first-order chi connectivity index (χ1) is 14.7. The number of ether oxygens (including phenoxy) is 1. The molecule has 1 aliphatic carbocycles. The fourth-order valence-corrected chi connectivity index (χ4v) is 4.41. The van der Waals surface area contributed by atoms with Crippen molar-refractivity contribution in [2.45, 2.75) is 50.9 Å². The monoisotopic (exact) mass is 407 g/mol. The highest BCUT2D eigenvalue weighted by atomic mass is 16.5. The molecular formula is C24H29N3O3. The molecule has 0 radical (unpaired) electrons. The zero-order valence-electron chi connectivity index (χ0n) is 17.3. The second-order valence-electron chi connectivity index (χ2n) is 8.18. The van der Waals surface area contributed by atoms with E-state index in [0.29, 0.717) is 25.3 Å². The first-order valence-corrected chi connectivity index (χ1v) is 10.8. The summed E-state index contributed by atoms with van der Waals surface area (Å²) in [5.74, 6) is -0.153. The molecule has 0 spiro atoms. The molecule has 0 bridgehead atoms. The predicted molar refractivity (Wildman–Crippen MR) is 114 cm³/mol. The molecule has 1 unspecified atom stereocenters. The van der Waals surface area contributed by atoms with Gasteiger partial charge < -0.3 is 14.5 Å². The summed E-state index contributed by atoms with van der Waals surface area (Å²) in [6.07, 6.45) is 8.58. The van der Waals surface area contributed by atoms with E-state index in [0.717, 1.165) is 31.2 Å². The van der Waals surface area contributed by atoms with Gasteiger partial charge in [-0.15, -0.1) is 0 Å². The Morgan fingerprint density at radius 1 is 1.03 bits per heavy atom. The summed E-state index contributed by atoms with van der Waals surface area (Å²) in [6, 6.07) is 13.7. The van der Waals surface area contributed by atoms with Gasteiger partial charge in [-0.3, -0.25) is 14.6 Å². The van der Waals surface area contributed by atoms with Gasteiger partial charge in [-0.05, 0) is 30.5 Å². The summed E-state index contributed by atoms with van der Waals surface area (Å²) in [5.41, 5.74) is 1.58. The van der Waals surface area contributed by atoms with Gasteiger partial charge in [0, 0.05) is 31.5 Å². The van der Waals surface area contributed by atoms with Gasteiger partial charge in [0.25, 0.3) is 5.91 Å². The summed E-state index contributed by atoms with van der Waals surface area (Å²) in [4.78, 5) is 33.9. The van der Waals surface area contributed by atoms with Gasteiger partial charge in [-0.2, -0.15) is 0 Å². The molecule has 1 saturated carbocycles. The highest BCUT2D eigenvalue weighted by Crippen LogP contribution is 2.25. The van der Waals surface area contributed by atoms with Crippen molar-refractivity contribution in [3.63, 3.8) is 0 Å². The molecule has 30 heavy (non-hydrogen) atoms. The van der Waals surface area contributed by atoms with Crippen LogP contribution in [0.25, 0.3) is 0 Å². The summed E-state index contributed by atoms with van der Waals surface area (Å²) in [5, 5.41) is 0. The topological polar surface area (TPSA) is 62.7 Å². The smallest absolute Gasteiger partial charge is 0.255 e. The number of amides is 2. The quantitative estimate of drug-likeness (QED) is 0.763. The molecule has 2 aromatic rings. The highest BCUT2D eigenvalue weighted by molar-refractivity contribution is 5.96. The third-order valence-corrected chi connectivity index (χ3v) is 6.01. The van der Waals surface area contributed by atoms with E-state index in [9.17, 15) is 9.59 Å². The molecule has 2 fully saturated rings. The van der Waals surface area contributed by atoms with Crippen LogP contribution >= 0.6 is 0 Å². The van der Waals surface area contributed by atoms with E-state index in [-0.39, 0.29) is 30.5 Å².